The van der Waals surface area contributed by atoms with Gasteiger partial charge in [-0.2, -0.15) is 0 Å². The minimum Gasteiger partial charge on any atom is -0.368 e. The topological polar surface area (TPSA) is 73.0 Å². The van der Waals surface area contributed by atoms with Crippen LogP contribution in [0.4, 0.5) is 10.5 Å². The lowest BCUT2D eigenvalue weighted by Gasteiger charge is -2.37. The summed E-state index contributed by atoms with van der Waals surface area (Å²) in [7, 11) is 0. The van der Waals surface area contributed by atoms with E-state index in [1.165, 1.54) is 11.3 Å². The number of anilines is 1. The van der Waals surface area contributed by atoms with E-state index >= 15 is 0 Å². The van der Waals surface area contributed by atoms with Gasteiger partial charge in [-0.25, -0.2) is 4.79 Å². The molecule has 2 saturated heterocycles. The number of hydrogen-bond donors (Lipinski definition) is 1. The zero-order valence-corrected chi connectivity index (χ0v) is 18.0. The fourth-order valence-electron chi connectivity index (χ4n) is 5.03. The van der Waals surface area contributed by atoms with Crippen LogP contribution in [0.5, 0.6) is 0 Å². The van der Waals surface area contributed by atoms with Crippen molar-refractivity contribution in [1.29, 1.82) is 0 Å². The van der Waals surface area contributed by atoms with Crippen LogP contribution in [0.25, 0.3) is 0 Å². The number of benzene rings is 1. The summed E-state index contributed by atoms with van der Waals surface area (Å²) in [5.74, 6) is -0.270. The second-order valence-corrected chi connectivity index (χ2v) is 8.83. The Bertz CT molecular complexity index is 816. The number of aryl methyl sites for hydroxylation is 1. The maximum absolute atomic E-state index is 13.1. The van der Waals surface area contributed by atoms with E-state index in [4.69, 9.17) is 0 Å². The molecule has 3 aliphatic rings. The van der Waals surface area contributed by atoms with Crippen molar-refractivity contribution < 1.29 is 14.4 Å². The Morgan fingerprint density at radius 1 is 1.10 bits per heavy atom. The molecule has 0 radical (unpaired) electrons. The van der Waals surface area contributed by atoms with Crippen molar-refractivity contribution in [3.63, 3.8) is 0 Å². The predicted octanol–water partition coefficient (Wildman–Crippen LogP) is 2.40. The van der Waals surface area contributed by atoms with Gasteiger partial charge in [0.15, 0.2) is 0 Å². The lowest BCUT2D eigenvalue weighted by Crippen LogP contribution is -2.55. The van der Waals surface area contributed by atoms with E-state index in [0.29, 0.717) is 19.5 Å². The molecule has 7 heteroatoms. The van der Waals surface area contributed by atoms with E-state index in [1.54, 1.807) is 4.90 Å². The summed E-state index contributed by atoms with van der Waals surface area (Å²) < 4.78 is 0. The first-order chi connectivity index (χ1) is 14.4. The molecule has 7 nitrogen and oxygen atoms in total. The Kier molecular flexibility index (Phi) is 5.71. The summed E-state index contributed by atoms with van der Waals surface area (Å²) in [6, 6.07) is 8.14. The Balaban J connectivity index is 1.34. The zero-order chi connectivity index (χ0) is 21.3. The number of carbonyl (C=O) groups excluding carboxylic acids is 3. The largest absolute Gasteiger partial charge is 0.368 e. The summed E-state index contributed by atoms with van der Waals surface area (Å²) in [6.07, 6.45) is 4.62. The van der Waals surface area contributed by atoms with E-state index < -0.39 is 11.6 Å². The normalized spacial score (nSPS) is 27.0. The SMILES string of the molecule is CCc1ccc(N2CCN(C(=O)CN3C(=O)N[C@@]4(CCCC[C@H]4C)C3=O)CC2)cc1. The van der Waals surface area contributed by atoms with Crippen LogP contribution < -0.4 is 10.2 Å². The van der Waals surface area contributed by atoms with Crippen molar-refractivity contribution in [1.82, 2.24) is 15.1 Å². The van der Waals surface area contributed by atoms with Crippen LogP contribution in [-0.2, 0) is 16.0 Å². The molecule has 4 rings (SSSR count). The molecule has 0 bridgehead atoms. The molecule has 2 heterocycles. The van der Waals surface area contributed by atoms with Gasteiger partial charge in [-0.3, -0.25) is 14.5 Å². The van der Waals surface area contributed by atoms with Crippen molar-refractivity contribution >= 4 is 23.5 Å². The highest BCUT2D eigenvalue weighted by Crippen LogP contribution is 2.38. The van der Waals surface area contributed by atoms with Crippen LogP contribution in [0.15, 0.2) is 24.3 Å². The van der Waals surface area contributed by atoms with E-state index in [-0.39, 0.29) is 24.3 Å². The third-order valence-corrected chi connectivity index (χ3v) is 7.14. The molecule has 1 saturated carbocycles. The molecule has 4 amide bonds. The molecule has 1 aliphatic carbocycles. The average molecular weight is 413 g/mol. The highest BCUT2D eigenvalue weighted by Gasteiger charge is 2.55. The van der Waals surface area contributed by atoms with Gasteiger partial charge in [-0.15, -0.1) is 0 Å². The number of nitrogens with one attached hydrogen (secondary N) is 1. The van der Waals surface area contributed by atoms with Gasteiger partial charge in [0.1, 0.15) is 12.1 Å². The number of urea groups is 1. The minimum atomic E-state index is -0.807. The van der Waals surface area contributed by atoms with Crippen LogP contribution in [-0.4, -0.2) is 65.9 Å². The van der Waals surface area contributed by atoms with Gasteiger partial charge in [0.2, 0.25) is 5.91 Å². The van der Waals surface area contributed by atoms with Gasteiger partial charge >= 0.3 is 6.03 Å². The summed E-state index contributed by atoms with van der Waals surface area (Å²) in [6.45, 7) is 6.69. The average Bonchev–Trinajstić information content (AvgIpc) is 3.01. The third kappa shape index (κ3) is 3.66. The molecule has 3 fully saturated rings. The minimum absolute atomic E-state index is 0.102. The first-order valence-corrected chi connectivity index (χ1v) is 11.2. The molecule has 1 N–H and O–H groups in total. The molecule has 162 valence electrons. The number of amides is 4. The monoisotopic (exact) mass is 412 g/mol. The smallest absolute Gasteiger partial charge is 0.325 e. The fraction of sp³-hybridized carbons (Fsp3) is 0.609. The summed E-state index contributed by atoms with van der Waals surface area (Å²) in [5, 5.41) is 2.92. The van der Waals surface area contributed by atoms with Crippen LogP contribution in [0.2, 0.25) is 0 Å². The van der Waals surface area contributed by atoms with Crippen LogP contribution >= 0.6 is 0 Å². The van der Waals surface area contributed by atoms with E-state index in [2.05, 4.69) is 41.4 Å². The Morgan fingerprint density at radius 3 is 2.43 bits per heavy atom. The maximum atomic E-state index is 13.1. The molecule has 0 unspecified atom stereocenters. The third-order valence-electron chi connectivity index (χ3n) is 7.14. The van der Waals surface area contributed by atoms with Gasteiger partial charge < -0.3 is 15.1 Å². The highest BCUT2D eigenvalue weighted by atomic mass is 16.2. The van der Waals surface area contributed by atoms with Gasteiger partial charge in [0.25, 0.3) is 5.91 Å². The number of hydrogen-bond acceptors (Lipinski definition) is 4. The quantitative estimate of drug-likeness (QED) is 0.771. The van der Waals surface area contributed by atoms with Crippen LogP contribution in [0, 0.1) is 5.92 Å². The molecule has 30 heavy (non-hydrogen) atoms. The Morgan fingerprint density at radius 2 is 1.80 bits per heavy atom. The molecule has 0 aromatic heterocycles. The first-order valence-electron chi connectivity index (χ1n) is 11.2. The van der Waals surface area contributed by atoms with Crippen molar-refractivity contribution in [3.8, 4) is 0 Å². The molecule has 2 aliphatic heterocycles. The first kappa shape index (κ1) is 20.7. The van der Waals surface area contributed by atoms with Crippen LogP contribution in [0.1, 0.15) is 45.1 Å². The maximum Gasteiger partial charge on any atom is 0.325 e. The van der Waals surface area contributed by atoms with Gasteiger partial charge in [0.05, 0.1) is 0 Å². The number of imide groups is 1. The zero-order valence-electron chi connectivity index (χ0n) is 18.0. The Hall–Kier alpha value is -2.57. The van der Waals surface area contributed by atoms with Crippen molar-refractivity contribution in [2.75, 3.05) is 37.6 Å². The molecule has 1 spiro atoms. The van der Waals surface area contributed by atoms with Gasteiger partial charge in [-0.1, -0.05) is 38.8 Å². The van der Waals surface area contributed by atoms with Gasteiger partial charge in [0, 0.05) is 31.9 Å². The highest BCUT2D eigenvalue weighted by molar-refractivity contribution is 6.09. The fourth-order valence-corrected chi connectivity index (χ4v) is 5.03. The second-order valence-electron chi connectivity index (χ2n) is 8.83. The lowest BCUT2D eigenvalue weighted by molar-refractivity contribution is -0.140. The number of carbonyl (C=O) groups is 3. The predicted molar refractivity (Wildman–Crippen MR) is 115 cm³/mol. The van der Waals surface area contributed by atoms with E-state index in [1.807, 2.05) is 6.92 Å². The van der Waals surface area contributed by atoms with Crippen molar-refractivity contribution in [3.05, 3.63) is 29.8 Å². The number of piperazine rings is 1. The Labute approximate surface area is 178 Å². The van der Waals surface area contributed by atoms with E-state index in [9.17, 15) is 14.4 Å². The molecule has 2 atom stereocenters. The van der Waals surface area contributed by atoms with Gasteiger partial charge in [-0.05, 0) is 42.9 Å². The summed E-state index contributed by atoms with van der Waals surface area (Å²) >= 11 is 0. The molecule has 1 aromatic rings. The lowest BCUT2D eigenvalue weighted by atomic mass is 9.73. The number of rotatable bonds is 4. The summed E-state index contributed by atoms with van der Waals surface area (Å²) in [4.78, 5) is 43.6. The van der Waals surface area contributed by atoms with Crippen molar-refractivity contribution in [2.45, 2.75) is 51.5 Å². The van der Waals surface area contributed by atoms with Crippen molar-refractivity contribution in [2.24, 2.45) is 5.92 Å². The number of nitrogens with zero attached hydrogens (tertiary/aromatic N) is 3. The van der Waals surface area contributed by atoms with E-state index in [0.717, 1.165) is 43.7 Å². The molecular weight excluding hydrogens is 380 g/mol. The molecular formula is C23H32N4O3. The molecule has 1 aromatic carbocycles. The second kappa shape index (κ2) is 8.28. The van der Waals surface area contributed by atoms with Crippen LogP contribution in [0.3, 0.4) is 0 Å². The summed E-state index contributed by atoms with van der Waals surface area (Å²) in [5.41, 5.74) is 1.67. The standard InChI is InChI=1S/C23H32N4O3/c1-3-18-7-9-19(10-8-18)25-12-14-26(15-13-25)20(28)16-27-21(29)23(24-22(27)30)11-5-4-6-17(23)2/h7-10,17H,3-6,11-16H2,1-2H3,(H,24,30)/t17-,23-/m1/s1.